The second-order valence-corrected chi connectivity index (χ2v) is 6.21. The first-order valence-corrected chi connectivity index (χ1v) is 8.11. The van der Waals surface area contributed by atoms with Gasteiger partial charge in [0.05, 0.1) is 13.0 Å². The molecule has 5 nitrogen and oxygen atoms in total. The molecule has 0 saturated carbocycles. The van der Waals surface area contributed by atoms with E-state index in [1.165, 1.54) is 7.11 Å². The standard InChI is InChI=1S/C17H22ClNO4/c1-12(17(21)22-2)10-19(16(20)15-4-3-9-23-15)11-13-5-7-14(18)8-6-13/h5-8,12,15H,3-4,9-11H2,1-2H3. The maximum Gasteiger partial charge on any atom is 0.310 e. The molecule has 0 aliphatic carbocycles. The van der Waals surface area contributed by atoms with E-state index in [4.69, 9.17) is 21.1 Å². The van der Waals surface area contributed by atoms with E-state index in [0.29, 0.717) is 24.7 Å². The van der Waals surface area contributed by atoms with Crippen molar-refractivity contribution in [2.24, 2.45) is 5.92 Å². The first kappa shape index (κ1) is 17.8. The summed E-state index contributed by atoms with van der Waals surface area (Å²) in [6.45, 7) is 3.08. The van der Waals surface area contributed by atoms with Crippen molar-refractivity contribution in [2.45, 2.75) is 32.4 Å². The Morgan fingerprint density at radius 2 is 2.09 bits per heavy atom. The van der Waals surface area contributed by atoms with Crippen LogP contribution in [-0.2, 0) is 25.6 Å². The Morgan fingerprint density at radius 3 is 2.65 bits per heavy atom. The Morgan fingerprint density at radius 1 is 1.39 bits per heavy atom. The number of halogens is 1. The summed E-state index contributed by atoms with van der Waals surface area (Å²) in [5.41, 5.74) is 0.956. The van der Waals surface area contributed by atoms with E-state index in [2.05, 4.69) is 0 Å². The molecule has 6 heteroatoms. The van der Waals surface area contributed by atoms with Crippen molar-refractivity contribution in [3.8, 4) is 0 Å². The molecule has 2 atom stereocenters. The normalized spacial score (nSPS) is 18.5. The molecular weight excluding hydrogens is 318 g/mol. The van der Waals surface area contributed by atoms with E-state index in [-0.39, 0.29) is 11.9 Å². The second kappa shape index (κ2) is 8.31. The van der Waals surface area contributed by atoms with Gasteiger partial charge in [-0.3, -0.25) is 9.59 Å². The quantitative estimate of drug-likeness (QED) is 0.748. The van der Waals surface area contributed by atoms with Crippen molar-refractivity contribution < 1.29 is 19.1 Å². The molecule has 1 amide bonds. The van der Waals surface area contributed by atoms with Crippen LogP contribution in [0.5, 0.6) is 0 Å². The lowest BCUT2D eigenvalue weighted by atomic mass is 10.1. The smallest absolute Gasteiger partial charge is 0.310 e. The zero-order chi connectivity index (χ0) is 16.8. The number of hydrogen-bond acceptors (Lipinski definition) is 4. The molecule has 2 rings (SSSR count). The van der Waals surface area contributed by atoms with Crippen LogP contribution in [0.1, 0.15) is 25.3 Å². The van der Waals surface area contributed by atoms with Gasteiger partial charge in [-0.15, -0.1) is 0 Å². The third-order valence-electron chi connectivity index (χ3n) is 3.90. The molecule has 126 valence electrons. The summed E-state index contributed by atoms with van der Waals surface area (Å²) >= 11 is 5.90. The maximum absolute atomic E-state index is 12.7. The summed E-state index contributed by atoms with van der Waals surface area (Å²) in [6.07, 6.45) is 1.20. The van der Waals surface area contributed by atoms with Gasteiger partial charge >= 0.3 is 5.97 Å². The lowest BCUT2D eigenvalue weighted by molar-refractivity contribution is -0.148. The van der Waals surface area contributed by atoms with Gasteiger partial charge in [-0.05, 0) is 30.5 Å². The first-order valence-electron chi connectivity index (χ1n) is 7.74. The van der Waals surface area contributed by atoms with Crippen LogP contribution >= 0.6 is 11.6 Å². The number of methoxy groups -OCH3 is 1. The average Bonchev–Trinajstić information content (AvgIpc) is 3.09. The summed E-state index contributed by atoms with van der Waals surface area (Å²) in [7, 11) is 1.35. The van der Waals surface area contributed by atoms with Crippen LogP contribution < -0.4 is 0 Å². The molecule has 0 bridgehead atoms. The Kier molecular flexibility index (Phi) is 6.42. The fraction of sp³-hybridized carbons (Fsp3) is 0.529. The Bertz CT molecular complexity index is 540. The summed E-state index contributed by atoms with van der Waals surface area (Å²) in [5.74, 6) is -0.794. The topological polar surface area (TPSA) is 55.8 Å². The lowest BCUT2D eigenvalue weighted by Crippen LogP contribution is -2.42. The van der Waals surface area contributed by atoms with Crippen LogP contribution in [0, 0.1) is 5.92 Å². The highest BCUT2D eigenvalue weighted by Crippen LogP contribution is 2.19. The van der Waals surface area contributed by atoms with Gasteiger partial charge in [-0.2, -0.15) is 0 Å². The van der Waals surface area contributed by atoms with Gasteiger partial charge in [0.15, 0.2) is 0 Å². The molecular formula is C17H22ClNO4. The first-order chi connectivity index (χ1) is 11.0. The molecule has 0 radical (unpaired) electrons. The summed E-state index contributed by atoms with van der Waals surface area (Å²) < 4.78 is 10.3. The molecule has 0 N–H and O–H groups in total. The van der Waals surface area contributed by atoms with Crippen LogP contribution in [0.15, 0.2) is 24.3 Å². The van der Waals surface area contributed by atoms with Gasteiger partial charge in [0.2, 0.25) is 0 Å². The number of esters is 1. The number of benzene rings is 1. The molecule has 1 aromatic carbocycles. The highest BCUT2D eigenvalue weighted by atomic mass is 35.5. The average molecular weight is 340 g/mol. The molecule has 0 spiro atoms. The lowest BCUT2D eigenvalue weighted by Gasteiger charge is -2.27. The van der Waals surface area contributed by atoms with Crippen LogP contribution in [0.3, 0.4) is 0 Å². The summed E-state index contributed by atoms with van der Waals surface area (Å²) in [4.78, 5) is 26.0. The Balaban J connectivity index is 2.10. The SMILES string of the molecule is COC(=O)C(C)CN(Cc1ccc(Cl)cc1)C(=O)C1CCCO1. The molecule has 1 aromatic rings. The van der Waals surface area contributed by atoms with Crippen molar-refractivity contribution >= 4 is 23.5 Å². The molecule has 1 heterocycles. The predicted molar refractivity (Wildman–Crippen MR) is 87.0 cm³/mol. The fourth-order valence-corrected chi connectivity index (χ4v) is 2.75. The minimum atomic E-state index is -0.410. The van der Waals surface area contributed by atoms with Crippen LogP contribution in [0.2, 0.25) is 5.02 Å². The van der Waals surface area contributed by atoms with Crippen molar-refractivity contribution in [3.63, 3.8) is 0 Å². The number of nitrogens with zero attached hydrogens (tertiary/aromatic N) is 1. The summed E-state index contributed by atoms with van der Waals surface area (Å²) in [5, 5.41) is 0.647. The number of rotatable bonds is 6. The molecule has 0 aromatic heterocycles. The Labute approximate surface area is 141 Å². The predicted octanol–water partition coefficient (Wildman–Crippen LogP) is 2.66. The van der Waals surface area contributed by atoms with Crippen molar-refractivity contribution in [1.29, 1.82) is 0 Å². The van der Waals surface area contributed by atoms with E-state index in [9.17, 15) is 9.59 Å². The zero-order valence-electron chi connectivity index (χ0n) is 13.5. The largest absolute Gasteiger partial charge is 0.469 e. The van der Waals surface area contributed by atoms with E-state index in [1.54, 1.807) is 24.0 Å². The highest BCUT2D eigenvalue weighted by Gasteiger charge is 2.30. The van der Waals surface area contributed by atoms with Gasteiger partial charge in [0.25, 0.3) is 5.91 Å². The van der Waals surface area contributed by atoms with Crippen molar-refractivity contribution in [1.82, 2.24) is 4.90 Å². The molecule has 1 aliphatic heterocycles. The van der Waals surface area contributed by atoms with Gasteiger partial charge in [-0.1, -0.05) is 30.7 Å². The molecule has 23 heavy (non-hydrogen) atoms. The minimum Gasteiger partial charge on any atom is -0.469 e. The van der Waals surface area contributed by atoms with Gasteiger partial charge in [-0.25, -0.2) is 0 Å². The van der Waals surface area contributed by atoms with Gasteiger partial charge < -0.3 is 14.4 Å². The number of hydrogen-bond donors (Lipinski definition) is 0. The Hall–Kier alpha value is -1.59. The third-order valence-corrected chi connectivity index (χ3v) is 4.15. The molecule has 1 aliphatic rings. The van der Waals surface area contributed by atoms with Gasteiger partial charge in [0, 0.05) is 24.7 Å². The van der Waals surface area contributed by atoms with Crippen LogP contribution in [0.4, 0.5) is 0 Å². The maximum atomic E-state index is 12.7. The number of carbonyl (C=O) groups excluding carboxylic acids is 2. The van der Waals surface area contributed by atoms with E-state index in [0.717, 1.165) is 18.4 Å². The van der Waals surface area contributed by atoms with Crippen molar-refractivity contribution in [2.75, 3.05) is 20.3 Å². The highest BCUT2D eigenvalue weighted by molar-refractivity contribution is 6.30. The van der Waals surface area contributed by atoms with E-state index in [1.807, 2.05) is 12.1 Å². The van der Waals surface area contributed by atoms with Crippen LogP contribution in [-0.4, -0.2) is 43.1 Å². The molecule has 1 fully saturated rings. The molecule has 2 unspecified atom stereocenters. The van der Waals surface area contributed by atoms with E-state index < -0.39 is 12.0 Å². The fourth-order valence-electron chi connectivity index (χ4n) is 2.62. The summed E-state index contributed by atoms with van der Waals surface area (Å²) in [6, 6.07) is 7.33. The third kappa shape index (κ3) is 4.94. The minimum absolute atomic E-state index is 0.0757. The van der Waals surface area contributed by atoms with Gasteiger partial charge in [0.1, 0.15) is 6.10 Å². The number of carbonyl (C=O) groups is 2. The van der Waals surface area contributed by atoms with Crippen LogP contribution in [0.25, 0.3) is 0 Å². The second-order valence-electron chi connectivity index (χ2n) is 5.77. The monoisotopic (exact) mass is 339 g/mol. The number of ether oxygens (including phenoxy) is 2. The molecule has 1 saturated heterocycles. The van der Waals surface area contributed by atoms with E-state index >= 15 is 0 Å². The number of amides is 1. The van der Waals surface area contributed by atoms with Crippen molar-refractivity contribution in [3.05, 3.63) is 34.9 Å². The zero-order valence-corrected chi connectivity index (χ0v) is 14.2.